The van der Waals surface area contributed by atoms with Gasteiger partial charge >= 0.3 is 5.97 Å². The minimum Gasteiger partial charge on any atom is -0.481 e. The fourth-order valence-corrected chi connectivity index (χ4v) is 3.60. The summed E-state index contributed by atoms with van der Waals surface area (Å²) in [6, 6.07) is 14.8. The number of imide groups is 1. The normalized spacial score (nSPS) is 13.5. The van der Waals surface area contributed by atoms with Crippen molar-refractivity contribution in [2.24, 2.45) is 0 Å². The molecule has 3 aromatic carbocycles. The monoisotopic (exact) mass is 443 g/mol. The number of hydrogen-bond acceptors (Lipinski definition) is 6. The Morgan fingerprint density at radius 1 is 1.09 bits per heavy atom. The zero-order chi connectivity index (χ0) is 23.5. The lowest BCUT2D eigenvalue weighted by atomic mass is 10.1. The molecule has 7 nitrogen and oxygen atoms in total. The van der Waals surface area contributed by atoms with Crippen LogP contribution in [0.3, 0.4) is 0 Å². The molecule has 7 heteroatoms. The maximum Gasteiger partial charge on any atom is 0.338 e. The quantitative estimate of drug-likeness (QED) is 0.341. The van der Waals surface area contributed by atoms with Gasteiger partial charge in [-0.3, -0.25) is 9.59 Å². The standard InChI is InChI=1S/C26H21NO6/c1-3-12-32-19-10-8-16-6-5-7-23(21(16)14-19)27-24(29)20-11-9-17(13-22(20)25(27)30)26(31)33-15-18(28)4-2/h1,5-11,13-14,18,28H,4,12,15H2,2H3. The van der Waals surface area contributed by atoms with E-state index < -0.39 is 23.9 Å². The van der Waals surface area contributed by atoms with Gasteiger partial charge in [0.15, 0.2) is 0 Å². The highest BCUT2D eigenvalue weighted by molar-refractivity contribution is 6.36. The van der Waals surface area contributed by atoms with E-state index >= 15 is 0 Å². The number of benzene rings is 3. The second-order valence-corrected chi connectivity index (χ2v) is 7.52. The van der Waals surface area contributed by atoms with Crippen molar-refractivity contribution in [1.82, 2.24) is 0 Å². The molecule has 1 N–H and O–H groups in total. The van der Waals surface area contributed by atoms with E-state index in [0.29, 0.717) is 23.2 Å². The Hall–Kier alpha value is -4.15. The summed E-state index contributed by atoms with van der Waals surface area (Å²) in [5, 5.41) is 11.1. The van der Waals surface area contributed by atoms with Gasteiger partial charge in [0.05, 0.1) is 28.5 Å². The van der Waals surface area contributed by atoms with Gasteiger partial charge in [-0.15, -0.1) is 6.42 Å². The van der Waals surface area contributed by atoms with Gasteiger partial charge in [-0.1, -0.05) is 31.0 Å². The van der Waals surface area contributed by atoms with E-state index in [1.165, 1.54) is 18.2 Å². The van der Waals surface area contributed by atoms with Gasteiger partial charge in [-0.05, 0) is 48.2 Å². The first-order chi connectivity index (χ1) is 15.9. The van der Waals surface area contributed by atoms with E-state index in [9.17, 15) is 19.5 Å². The number of terminal acetylenes is 1. The number of aliphatic hydroxyl groups excluding tert-OH is 1. The third kappa shape index (κ3) is 4.16. The van der Waals surface area contributed by atoms with Crippen molar-refractivity contribution in [3.63, 3.8) is 0 Å². The van der Waals surface area contributed by atoms with Gasteiger partial charge in [0.25, 0.3) is 11.8 Å². The predicted octanol–water partition coefficient (Wildman–Crippen LogP) is 3.58. The zero-order valence-corrected chi connectivity index (χ0v) is 17.9. The molecule has 0 spiro atoms. The van der Waals surface area contributed by atoms with E-state index in [1.807, 2.05) is 12.1 Å². The smallest absolute Gasteiger partial charge is 0.338 e. The van der Waals surface area contributed by atoms with E-state index in [4.69, 9.17) is 15.9 Å². The van der Waals surface area contributed by atoms with E-state index in [-0.39, 0.29) is 29.9 Å². The Bertz CT molecular complexity index is 1310. The van der Waals surface area contributed by atoms with Crippen LogP contribution in [0.15, 0.2) is 54.6 Å². The molecule has 0 fully saturated rings. The molecule has 0 aliphatic carbocycles. The summed E-state index contributed by atoms with van der Waals surface area (Å²) < 4.78 is 10.6. The van der Waals surface area contributed by atoms with Crippen LogP contribution in [0.2, 0.25) is 0 Å². The lowest BCUT2D eigenvalue weighted by Gasteiger charge is -2.17. The first-order valence-electron chi connectivity index (χ1n) is 10.4. The number of carbonyl (C=O) groups excluding carboxylic acids is 3. The summed E-state index contributed by atoms with van der Waals surface area (Å²) in [5.41, 5.74) is 0.840. The molecule has 0 saturated heterocycles. The number of fused-ring (bicyclic) bond motifs is 2. The molecular formula is C26H21NO6. The molecule has 1 heterocycles. The molecule has 1 atom stereocenters. The maximum atomic E-state index is 13.3. The average Bonchev–Trinajstić information content (AvgIpc) is 3.09. The lowest BCUT2D eigenvalue weighted by Crippen LogP contribution is -2.29. The molecule has 0 radical (unpaired) electrons. The molecule has 166 valence electrons. The Balaban J connectivity index is 1.68. The number of esters is 1. The van der Waals surface area contributed by atoms with Crippen LogP contribution < -0.4 is 9.64 Å². The Labute approximate surface area is 190 Å². The molecule has 1 aliphatic rings. The number of aliphatic hydroxyl groups is 1. The number of nitrogens with zero attached hydrogens (tertiary/aromatic N) is 1. The summed E-state index contributed by atoms with van der Waals surface area (Å²) in [4.78, 5) is 39.8. The Kier molecular flexibility index (Phi) is 6.11. The summed E-state index contributed by atoms with van der Waals surface area (Å²) in [7, 11) is 0. The first-order valence-corrected chi connectivity index (χ1v) is 10.4. The van der Waals surface area contributed by atoms with Crippen molar-refractivity contribution in [1.29, 1.82) is 0 Å². The van der Waals surface area contributed by atoms with Gasteiger partial charge in [-0.25, -0.2) is 9.69 Å². The van der Waals surface area contributed by atoms with Crippen molar-refractivity contribution >= 4 is 34.2 Å². The summed E-state index contributed by atoms with van der Waals surface area (Å²) in [5.74, 6) is 1.21. The van der Waals surface area contributed by atoms with Crippen LogP contribution in [0.25, 0.3) is 10.8 Å². The van der Waals surface area contributed by atoms with Gasteiger partial charge in [-0.2, -0.15) is 0 Å². The molecule has 3 aromatic rings. The van der Waals surface area contributed by atoms with Gasteiger partial charge in [0.1, 0.15) is 19.0 Å². The highest BCUT2D eigenvalue weighted by Crippen LogP contribution is 2.35. The minimum absolute atomic E-state index is 0.0921. The third-order valence-corrected chi connectivity index (χ3v) is 5.39. The van der Waals surface area contributed by atoms with Crippen LogP contribution in [-0.2, 0) is 4.74 Å². The van der Waals surface area contributed by atoms with Crippen molar-refractivity contribution in [3.05, 3.63) is 71.3 Å². The summed E-state index contributed by atoms with van der Waals surface area (Å²) >= 11 is 0. The Morgan fingerprint density at radius 2 is 1.88 bits per heavy atom. The zero-order valence-electron chi connectivity index (χ0n) is 17.9. The van der Waals surface area contributed by atoms with Crippen LogP contribution in [0.1, 0.15) is 44.4 Å². The van der Waals surface area contributed by atoms with Gasteiger partial charge in [0.2, 0.25) is 0 Å². The van der Waals surface area contributed by atoms with Gasteiger partial charge in [0, 0.05) is 5.39 Å². The van der Waals surface area contributed by atoms with Crippen LogP contribution in [0.5, 0.6) is 5.75 Å². The molecule has 1 aliphatic heterocycles. The largest absolute Gasteiger partial charge is 0.481 e. The molecule has 0 saturated carbocycles. The summed E-state index contributed by atoms with van der Waals surface area (Å²) in [6.07, 6.45) is 4.94. The topological polar surface area (TPSA) is 93.1 Å². The van der Waals surface area contributed by atoms with Crippen LogP contribution in [-0.4, -0.2) is 42.2 Å². The number of amides is 2. The van der Waals surface area contributed by atoms with E-state index in [1.54, 1.807) is 31.2 Å². The number of rotatable bonds is 7. The lowest BCUT2D eigenvalue weighted by molar-refractivity contribution is 0.0250. The Morgan fingerprint density at radius 3 is 2.64 bits per heavy atom. The highest BCUT2D eigenvalue weighted by atomic mass is 16.5. The highest BCUT2D eigenvalue weighted by Gasteiger charge is 2.38. The molecule has 33 heavy (non-hydrogen) atoms. The molecule has 1 unspecified atom stereocenters. The summed E-state index contributed by atoms with van der Waals surface area (Å²) in [6.45, 7) is 1.71. The van der Waals surface area contributed by atoms with E-state index in [0.717, 1.165) is 10.3 Å². The molecule has 4 rings (SSSR count). The second-order valence-electron chi connectivity index (χ2n) is 7.52. The molecular weight excluding hydrogens is 422 g/mol. The molecule has 0 bridgehead atoms. The van der Waals surface area contributed by atoms with Crippen LogP contribution >= 0.6 is 0 Å². The number of ether oxygens (including phenoxy) is 2. The fourth-order valence-electron chi connectivity index (χ4n) is 3.60. The van der Waals surface area contributed by atoms with Crippen molar-refractivity contribution in [3.8, 4) is 18.1 Å². The SMILES string of the molecule is C#CCOc1ccc2cccc(N3C(=O)c4ccc(C(=O)OCC(O)CC)cc4C3=O)c2c1. The minimum atomic E-state index is -0.761. The number of carbonyl (C=O) groups is 3. The molecule has 2 amide bonds. The average molecular weight is 443 g/mol. The maximum absolute atomic E-state index is 13.3. The van der Waals surface area contributed by atoms with Crippen LogP contribution in [0.4, 0.5) is 5.69 Å². The second kappa shape index (κ2) is 9.15. The van der Waals surface area contributed by atoms with Crippen molar-refractivity contribution < 1.29 is 29.0 Å². The third-order valence-electron chi connectivity index (χ3n) is 5.39. The van der Waals surface area contributed by atoms with Crippen molar-refractivity contribution in [2.45, 2.75) is 19.4 Å². The molecule has 0 aromatic heterocycles. The predicted molar refractivity (Wildman–Crippen MR) is 122 cm³/mol. The number of anilines is 1. The van der Waals surface area contributed by atoms with Crippen LogP contribution in [0, 0.1) is 12.3 Å². The fraction of sp³-hybridized carbons (Fsp3) is 0.192. The van der Waals surface area contributed by atoms with E-state index in [2.05, 4.69) is 5.92 Å². The van der Waals surface area contributed by atoms with Gasteiger partial charge < -0.3 is 14.6 Å². The first kappa shape index (κ1) is 22.1. The number of hydrogen-bond donors (Lipinski definition) is 1. The van der Waals surface area contributed by atoms with Crippen molar-refractivity contribution in [2.75, 3.05) is 18.1 Å².